The standard InChI is InChI=1S/C19H25N5OS/c1-19(2,3)15-9-14(11-7-5-6-8-13(11)22-15)23-17(25)12-10-21-18(26-4)24-16(12)20/h5-8,10,14-15,22H,9H2,1-4H3,(H,23,25)(H2,20,21,24). The fraction of sp³-hybridized carbons (Fsp3) is 0.421. The molecule has 138 valence electrons. The van der Waals surface area contributed by atoms with E-state index in [9.17, 15) is 4.79 Å². The van der Waals surface area contributed by atoms with E-state index < -0.39 is 0 Å². The number of hydrogen-bond acceptors (Lipinski definition) is 6. The van der Waals surface area contributed by atoms with Crippen molar-refractivity contribution in [2.75, 3.05) is 17.3 Å². The van der Waals surface area contributed by atoms with Crippen LogP contribution < -0.4 is 16.4 Å². The number of rotatable bonds is 3. The average Bonchev–Trinajstić information content (AvgIpc) is 2.60. The Balaban J connectivity index is 1.87. The van der Waals surface area contributed by atoms with Crippen molar-refractivity contribution in [1.82, 2.24) is 15.3 Å². The minimum atomic E-state index is -0.246. The summed E-state index contributed by atoms with van der Waals surface area (Å²) in [7, 11) is 0. The van der Waals surface area contributed by atoms with E-state index in [0.717, 1.165) is 17.7 Å². The van der Waals surface area contributed by atoms with Crippen molar-refractivity contribution in [3.05, 3.63) is 41.6 Å². The number of nitrogen functional groups attached to an aromatic ring is 1. The molecule has 6 nitrogen and oxygen atoms in total. The van der Waals surface area contributed by atoms with Crippen LogP contribution in [0.5, 0.6) is 0 Å². The van der Waals surface area contributed by atoms with Gasteiger partial charge >= 0.3 is 0 Å². The van der Waals surface area contributed by atoms with Crippen molar-refractivity contribution in [3.63, 3.8) is 0 Å². The molecule has 0 saturated heterocycles. The number of nitrogens with one attached hydrogen (secondary N) is 2. The number of benzene rings is 1. The lowest BCUT2D eigenvalue weighted by atomic mass is 9.79. The number of carbonyl (C=O) groups excluding carboxylic acids is 1. The second-order valence-electron chi connectivity index (χ2n) is 7.57. The zero-order chi connectivity index (χ0) is 18.9. The van der Waals surface area contributed by atoms with Crippen LogP contribution in [-0.2, 0) is 0 Å². The summed E-state index contributed by atoms with van der Waals surface area (Å²) in [5.74, 6) is -0.0408. The van der Waals surface area contributed by atoms with Gasteiger partial charge in [0.05, 0.1) is 11.6 Å². The molecule has 2 heterocycles. The molecule has 1 amide bonds. The van der Waals surface area contributed by atoms with Crippen LogP contribution in [0.1, 0.15) is 49.2 Å². The van der Waals surface area contributed by atoms with E-state index in [2.05, 4.69) is 47.4 Å². The average molecular weight is 372 g/mol. The van der Waals surface area contributed by atoms with Gasteiger partial charge in [-0.05, 0) is 29.7 Å². The summed E-state index contributed by atoms with van der Waals surface area (Å²) in [6, 6.07) is 8.24. The second kappa shape index (κ2) is 7.15. The van der Waals surface area contributed by atoms with Crippen LogP contribution in [0.2, 0.25) is 0 Å². The Morgan fingerprint density at radius 3 is 2.73 bits per heavy atom. The predicted octanol–water partition coefficient (Wildman–Crippen LogP) is 3.48. The van der Waals surface area contributed by atoms with Gasteiger partial charge < -0.3 is 16.4 Å². The molecule has 0 bridgehead atoms. The quantitative estimate of drug-likeness (QED) is 0.565. The van der Waals surface area contributed by atoms with E-state index in [1.54, 1.807) is 0 Å². The minimum absolute atomic E-state index is 0.0681. The smallest absolute Gasteiger partial charge is 0.257 e. The maximum atomic E-state index is 12.8. The number of nitrogens with two attached hydrogens (primary N) is 1. The number of fused-ring (bicyclic) bond motifs is 1. The summed E-state index contributed by atoms with van der Waals surface area (Å²) in [6.45, 7) is 6.60. The first-order chi connectivity index (χ1) is 12.3. The lowest BCUT2D eigenvalue weighted by molar-refractivity contribution is 0.0928. The van der Waals surface area contributed by atoms with Crippen molar-refractivity contribution in [3.8, 4) is 0 Å². The van der Waals surface area contributed by atoms with Gasteiger partial charge in [-0.3, -0.25) is 4.79 Å². The monoisotopic (exact) mass is 371 g/mol. The van der Waals surface area contributed by atoms with Crippen LogP contribution in [0.15, 0.2) is 35.6 Å². The maximum Gasteiger partial charge on any atom is 0.257 e. The third-order valence-electron chi connectivity index (χ3n) is 4.71. The Labute approximate surface area is 158 Å². The van der Waals surface area contributed by atoms with E-state index in [4.69, 9.17) is 5.73 Å². The number of anilines is 2. The lowest BCUT2D eigenvalue weighted by Gasteiger charge is -2.40. The van der Waals surface area contributed by atoms with Gasteiger partial charge in [0.1, 0.15) is 5.82 Å². The van der Waals surface area contributed by atoms with E-state index >= 15 is 0 Å². The number of para-hydroxylation sites is 1. The van der Waals surface area contributed by atoms with E-state index in [1.807, 2.05) is 24.5 Å². The first-order valence-electron chi connectivity index (χ1n) is 8.62. The third kappa shape index (κ3) is 3.77. The maximum absolute atomic E-state index is 12.8. The Morgan fingerprint density at radius 1 is 1.35 bits per heavy atom. The fourth-order valence-corrected chi connectivity index (χ4v) is 3.48. The normalized spacial score (nSPS) is 19.4. The van der Waals surface area contributed by atoms with Crippen molar-refractivity contribution >= 4 is 29.2 Å². The highest BCUT2D eigenvalue weighted by Gasteiger charge is 2.34. The SMILES string of the molecule is CSc1ncc(C(=O)NC2CC(C(C)(C)C)Nc3ccccc32)c(N)n1. The highest BCUT2D eigenvalue weighted by atomic mass is 32.2. The molecule has 1 aromatic heterocycles. The molecule has 1 aromatic carbocycles. The predicted molar refractivity (Wildman–Crippen MR) is 106 cm³/mol. The summed E-state index contributed by atoms with van der Waals surface area (Å²) >= 11 is 1.39. The van der Waals surface area contributed by atoms with Gasteiger partial charge in [-0.1, -0.05) is 50.7 Å². The zero-order valence-electron chi connectivity index (χ0n) is 15.5. The Morgan fingerprint density at radius 2 is 2.08 bits per heavy atom. The van der Waals surface area contributed by atoms with Crippen molar-refractivity contribution in [2.24, 2.45) is 5.41 Å². The fourth-order valence-electron chi connectivity index (χ4n) is 3.14. The highest BCUT2D eigenvalue weighted by Crippen LogP contribution is 2.38. The first kappa shape index (κ1) is 18.5. The molecule has 3 rings (SSSR count). The molecule has 1 aliphatic rings. The van der Waals surface area contributed by atoms with Crippen molar-refractivity contribution in [1.29, 1.82) is 0 Å². The lowest BCUT2D eigenvalue weighted by Crippen LogP contribution is -2.43. The summed E-state index contributed by atoms with van der Waals surface area (Å²) in [6.07, 6.45) is 4.17. The molecule has 26 heavy (non-hydrogen) atoms. The number of nitrogens with zero attached hydrogens (tertiary/aromatic N) is 2. The van der Waals surface area contributed by atoms with Crippen LogP contribution in [-0.4, -0.2) is 28.2 Å². The molecule has 2 aromatic rings. The number of thioether (sulfide) groups is 1. The molecule has 4 N–H and O–H groups in total. The largest absolute Gasteiger partial charge is 0.383 e. The van der Waals surface area contributed by atoms with Gasteiger partial charge in [-0.25, -0.2) is 9.97 Å². The molecule has 2 atom stereocenters. The van der Waals surface area contributed by atoms with Gasteiger partial charge in [0.15, 0.2) is 5.16 Å². The number of carbonyl (C=O) groups is 1. The molecule has 7 heteroatoms. The molecular weight excluding hydrogens is 346 g/mol. The van der Waals surface area contributed by atoms with Gasteiger partial charge in [-0.15, -0.1) is 0 Å². The molecule has 0 spiro atoms. The van der Waals surface area contributed by atoms with Crippen molar-refractivity contribution in [2.45, 2.75) is 44.4 Å². The molecule has 0 aliphatic carbocycles. The molecule has 2 unspecified atom stereocenters. The molecule has 0 fully saturated rings. The summed E-state index contributed by atoms with van der Waals surface area (Å²) in [5.41, 5.74) is 8.48. The Kier molecular flexibility index (Phi) is 5.09. The number of hydrogen-bond donors (Lipinski definition) is 3. The summed E-state index contributed by atoms with van der Waals surface area (Å²) < 4.78 is 0. The van der Waals surface area contributed by atoms with Gasteiger partial charge in [0.25, 0.3) is 5.91 Å². The third-order valence-corrected chi connectivity index (χ3v) is 5.27. The van der Waals surface area contributed by atoms with Gasteiger partial charge in [-0.2, -0.15) is 0 Å². The molecule has 0 radical (unpaired) electrons. The molecular formula is C19H25N5OS. The van der Waals surface area contributed by atoms with E-state index in [-0.39, 0.29) is 29.2 Å². The van der Waals surface area contributed by atoms with E-state index in [0.29, 0.717) is 10.7 Å². The Hall–Kier alpha value is -2.28. The van der Waals surface area contributed by atoms with Crippen molar-refractivity contribution < 1.29 is 4.79 Å². The van der Waals surface area contributed by atoms with Crippen LogP contribution in [0, 0.1) is 5.41 Å². The highest BCUT2D eigenvalue weighted by molar-refractivity contribution is 7.98. The number of amides is 1. The summed E-state index contributed by atoms with van der Waals surface area (Å²) in [5, 5.41) is 7.28. The van der Waals surface area contributed by atoms with E-state index in [1.165, 1.54) is 18.0 Å². The molecule has 1 aliphatic heterocycles. The summed E-state index contributed by atoms with van der Waals surface area (Å²) in [4.78, 5) is 21.1. The first-order valence-corrected chi connectivity index (χ1v) is 9.85. The Bertz CT molecular complexity index is 818. The topological polar surface area (TPSA) is 92.9 Å². The number of aromatic nitrogens is 2. The van der Waals surface area contributed by atoms with Crippen LogP contribution in [0.3, 0.4) is 0 Å². The molecule has 0 saturated carbocycles. The van der Waals surface area contributed by atoms with Crippen LogP contribution >= 0.6 is 11.8 Å². The zero-order valence-corrected chi connectivity index (χ0v) is 16.4. The van der Waals surface area contributed by atoms with Crippen LogP contribution in [0.25, 0.3) is 0 Å². The second-order valence-corrected chi connectivity index (χ2v) is 8.34. The van der Waals surface area contributed by atoms with Crippen LogP contribution in [0.4, 0.5) is 11.5 Å². The van der Waals surface area contributed by atoms with Gasteiger partial charge in [0, 0.05) is 17.9 Å². The minimum Gasteiger partial charge on any atom is -0.383 e. The van der Waals surface area contributed by atoms with Gasteiger partial charge in [0.2, 0.25) is 0 Å².